The Morgan fingerprint density at radius 2 is 1.84 bits per heavy atom. The summed E-state index contributed by atoms with van der Waals surface area (Å²) in [5.41, 5.74) is 0.318. The van der Waals surface area contributed by atoms with Gasteiger partial charge in [0.25, 0.3) is 0 Å². The fourth-order valence-electron chi connectivity index (χ4n) is 6.85. The summed E-state index contributed by atoms with van der Waals surface area (Å²) in [6.07, 6.45) is 10.5. The molecule has 0 aromatic heterocycles. The molecule has 1 N–H and O–H groups in total. The largest absolute Gasteiger partial charge is 0.462 e. The molecular weight excluding hydrogens is 476 g/mol. The van der Waals surface area contributed by atoms with Crippen LogP contribution in [0.5, 0.6) is 0 Å². The number of cyclic esters (lactones) is 1. The predicted octanol–water partition coefficient (Wildman–Crippen LogP) is 3.34. The highest BCUT2D eigenvalue weighted by atomic mass is 16.6. The summed E-state index contributed by atoms with van der Waals surface area (Å²) in [6, 6.07) is 0. The second-order valence-electron chi connectivity index (χ2n) is 11.4. The van der Waals surface area contributed by atoms with E-state index in [0.717, 1.165) is 18.4 Å². The molecule has 2 aliphatic carbocycles. The first-order valence-corrected chi connectivity index (χ1v) is 13.3. The standard InChI is InChI=1S/C29H38O8/c1-18-9-11-28-16-34-26(32)14-19(2)10-12-33-21(20(3)30)7-5-6-8-25(31)37-22-15-24(36-23(28)13-18)29(17-35-29)27(22,28)4/h5-8,13-14,20-24,30H,9-12,15-17H2,1-4H3/b7-5-,8-6-,19-14-. The van der Waals surface area contributed by atoms with Gasteiger partial charge in [-0.05, 0) is 40.0 Å². The molecule has 3 heterocycles. The lowest BCUT2D eigenvalue weighted by Gasteiger charge is -2.58. The molecule has 2 saturated heterocycles. The minimum atomic E-state index is -0.735. The summed E-state index contributed by atoms with van der Waals surface area (Å²) in [6.45, 7) is 8.73. The summed E-state index contributed by atoms with van der Waals surface area (Å²) < 4.78 is 30.6. The van der Waals surface area contributed by atoms with Gasteiger partial charge in [-0.25, -0.2) is 9.59 Å². The average molecular weight is 515 g/mol. The highest BCUT2D eigenvalue weighted by molar-refractivity contribution is 5.83. The van der Waals surface area contributed by atoms with Crippen molar-refractivity contribution in [3.8, 4) is 0 Å². The Bertz CT molecular complexity index is 1050. The number of esters is 2. The second-order valence-corrected chi connectivity index (χ2v) is 11.4. The lowest BCUT2D eigenvalue weighted by atomic mass is 9.51. The van der Waals surface area contributed by atoms with Crippen molar-refractivity contribution in [2.24, 2.45) is 10.8 Å². The van der Waals surface area contributed by atoms with Crippen molar-refractivity contribution in [2.75, 3.05) is 19.8 Å². The quantitative estimate of drug-likeness (QED) is 0.323. The molecule has 0 radical (unpaired) electrons. The van der Waals surface area contributed by atoms with Gasteiger partial charge in [0.1, 0.15) is 24.4 Å². The molecule has 8 nitrogen and oxygen atoms in total. The molecule has 5 aliphatic rings. The SMILES string of the molecule is CC1=CC2OC3CC4OC(=O)/C=C\C=C/C(C(C)O)OCC/C(C)=C\C(=O)OCC2(CC1)C4(C)C31CO1. The highest BCUT2D eigenvalue weighted by Gasteiger charge is 2.83. The zero-order chi connectivity index (χ0) is 26.4. The third-order valence-electron chi connectivity index (χ3n) is 9.24. The van der Waals surface area contributed by atoms with E-state index in [4.69, 9.17) is 23.7 Å². The van der Waals surface area contributed by atoms with Crippen LogP contribution in [0.4, 0.5) is 0 Å². The Morgan fingerprint density at radius 3 is 2.57 bits per heavy atom. The molecule has 3 fully saturated rings. The normalized spacial score (nSPS) is 46.2. The van der Waals surface area contributed by atoms with E-state index in [9.17, 15) is 14.7 Å². The number of aliphatic hydroxyl groups is 1. The number of allylic oxidation sites excluding steroid dienone is 3. The molecule has 3 aliphatic heterocycles. The molecule has 0 aromatic rings. The third-order valence-corrected chi connectivity index (χ3v) is 9.24. The van der Waals surface area contributed by atoms with Crippen molar-refractivity contribution < 1.29 is 38.4 Å². The van der Waals surface area contributed by atoms with Crippen LogP contribution in [0.15, 0.2) is 47.6 Å². The monoisotopic (exact) mass is 514 g/mol. The number of carbonyl (C=O) groups excluding carboxylic acids is 2. The van der Waals surface area contributed by atoms with E-state index >= 15 is 0 Å². The Hall–Kier alpha value is -2.26. The molecule has 8 unspecified atom stereocenters. The summed E-state index contributed by atoms with van der Waals surface area (Å²) in [5.74, 6) is -0.879. The van der Waals surface area contributed by atoms with E-state index in [0.29, 0.717) is 26.1 Å². The van der Waals surface area contributed by atoms with Gasteiger partial charge in [0, 0.05) is 24.0 Å². The second kappa shape index (κ2) is 9.80. The number of epoxide rings is 1. The van der Waals surface area contributed by atoms with E-state index in [-0.39, 0.29) is 18.8 Å². The molecule has 8 atom stereocenters. The van der Waals surface area contributed by atoms with Crippen LogP contribution in [-0.4, -0.2) is 73.0 Å². The average Bonchev–Trinajstić information content (AvgIpc) is 3.61. The van der Waals surface area contributed by atoms with Crippen molar-refractivity contribution in [1.29, 1.82) is 0 Å². The van der Waals surface area contributed by atoms with E-state index in [2.05, 4.69) is 19.9 Å². The number of carbonyl (C=O) groups is 2. The van der Waals surface area contributed by atoms with Crippen LogP contribution in [0.1, 0.15) is 53.4 Å². The zero-order valence-electron chi connectivity index (χ0n) is 22.1. The van der Waals surface area contributed by atoms with Gasteiger partial charge in [-0.3, -0.25) is 0 Å². The smallest absolute Gasteiger partial charge is 0.331 e. The fraction of sp³-hybridized carbons (Fsp3) is 0.655. The van der Waals surface area contributed by atoms with Gasteiger partial charge in [0.15, 0.2) is 0 Å². The Morgan fingerprint density at radius 1 is 1.05 bits per heavy atom. The zero-order valence-corrected chi connectivity index (χ0v) is 22.1. The molecule has 5 rings (SSSR count). The maximum Gasteiger partial charge on any atom is 0.331 e. The van der Waals surface area contributed by atoms with Crippen molar-refractivity contribution >= 4 is 11.9 Å². The van der Waals surface area contributed by atoms with Gasteiger partial charge >= 0.3 is 11.9 Å². The van der Waals surface area contributed by atoms with Crippen molar-refractivity contribution in [1.82, 2.24) is 0 Å². The maximum absolute atomic E-state index is 12.9. The Labute approximate surface area is 218 Å². The Kier molecular flexibility index (Phi) is 6.98. The van der Waals surface area contributed by atoms with Gasteiger partial charge in [0.05, 0.1) is 36.9 Å². The molecule has 0 aromatic carbocycles. The molecule has 1 saturated carbocycles. The molecular formula is C29H38O8. The van der Waals surface area contributed by atoms with Crippen LogP contribution in [0.2, 0.25) is 0 Å². The van der Waals surface area contributed by atoms with Crippen molar-refractivity contribution in [3.63, 3.8) is 0 Å². The topological polar surface area (TPSA) is 104 Å². The molecule has 0 amide bonds. The summed E-state index contributed by atoms with van der Waals surface area (Å²) >= 11 is 0. The van der Waals surface area contributed by atoms with Crippen LogP contribution in [0, 0.1) is 10.8 Å². The summed E-state index contributed by atoms with van der Waals surface area (Å²) in [4.78, 5) is 25.9. The lowest BCUT2D eigenvalue weighted by molar-refractivity contribution is -0.232. The van der Waals surface area contributed by atoms with E-state index in [1.165, 1.54) is 17.7 Å². The summed E-state index contributed by atoms with van der Waals surface area (Å²) in [5, 5.41) is 10.0. The fourth-order valence-corrected chi connectivity index (χ4v) is 6.85. The predicted molar refractivity (Wildman–Crippen MR) is 134 cm³/mol. The number of hydrogen-bond donors (Lipinski definition) is 1. The first kappa shape index (κ1) is 26.4. The Balaban J connectivity index is 1.51. The van der Waals surface area contributed by atoms with Gasteiger partial charge in [-0.15, -0.1) is 0 Å². The van der Waals surface area contributed by atoms with Crippen LogP contribution in [-0.2, 0) is 33.3 Å². The molecule has 2 bridgehead atoms. The van der Waals surface area contributed by atoms with Crippen LogP contribution in [0.25, 0.3) is 0 Å². The van der Waals surface area contributed by atoms with Gasteiger partial charge in [0.2, 0.25) is 0 Å². The van der Waals surface area contributed by atoms with Crippen LogP contribution in [0.3, 0.4) is 0 Å². The van der Waals surface area contributed by atoms with Crippen LogP contribution < -0.4 is 0 Å². The van der Waals surface area contributed by atoms with Crippen LogP contribution >= 0.6 is 0 Å². The van der Waals surface area contributed by atoms with Gasteiger partial charge < -0.3 is 28.8 Å². The molecule has 8 heteroatoms. The maximum atomic E-state index is 12.9. The van der Waals surface area contributed by atoms with Crippen molar-refractivity contribution in [3.05, 3.63) is 47.6 Å². The van der Waals surface area contributed by atoms with E-state index in [1.54, 1.807) is 25.2 Å². The van der Waals surface area contributed by atoms with Crippen molar-refractivity contribution in [2.45, 2.75) is 89.5 Å². The third kappa shape index (κ3) is 4.42. The first-order chi connectivity index (χ1) is 17.6. The summed E-state index contributed by atoms with van der Waals surface area (Å²) in [7, 11) is 0. The molecule has 2 spiro atoms. The molecule has 202 valence electrons. The number of hydrogen-bond acceptors (Lipinski definition) is 8. The van der Waals surface area contributed by atoms with Gasteiger partial charge in [-0.1, -0.05) is 42.4 Å². The number of rotatable bonds is 1. The minimum Gasteiger partial charge on any atom is -0.462 e. The number of ether oxygens (including phenoxy) is 5. The number of aliphatic hydroxyl groups excluding tert-OH is 1. The lowest BCUT2D eigenvalue weighted by Crippen LogP contribution is -2.66. The van der Waals surface area contributed by atoms with E-state index in [1.807, 2.05) is 6.92 Å². The van der Waals surface area contributed by atoms with Gasteiger partial charge in [-0.2, -0.15) is 0 Å². The minimum absolute atomic E-state index is 0.144. The first-order valence-electron chi connectivity index (χ1n) is 13.3. The van der Waals surface area contributed by atoms with E-state index < -0.39 is 46.7 Å². The highest BCUT2D eigenvalue weighted by Crippen LogP contribution is 2.72. The molecule has 37 heavy (non-hydrogen) atoms.